The van der Waals surface area contributed by atoms with Crippen LogP contribution in [0, 0.1) is 0 Å². The number of fused-ring (bicyclic) bond motifs is 3. The third-order valence-corrected chi connectivity index (χ3v) is 10.6. The van der Waals surface area contributed by atoms with E-state index in [9.17, 15) is 0 Å². The first-order chi connectivity index (χ1) is 25.5. The standard InChI is InChI=1S/C51H39N/c1-51(2)49-26-16-15-25-46(49)48-35-45(34-47(50(48)51)40-23-13-6-14-24-40)52(43-29-27-39(28-30-43)36-17-7-3-8-18-36)44-32-41(37-19-9-4-10-20-37)31-42(33-44)38-21-11-5-12-22-38/h3-35H,1-2H3. The van der Waals surface area contributed by atoms with Crippen LogP contribution in [-0.4, -0.2) is 0 Å². The van der Waals surface area contributed by atoms with Gasteiger partial charge < -0.3 is 4.90 Å². The second-order valence-corrected chi connectivity index (χ2v) is 14.2. The van der Waals surface area contributed by atoms with Crippen LogP contribution in [0.2, 0.25) is 0 Å². The zero-order valence-electron chi connectivity index (χ0n) is 29.5. The highest BCUT2D eigenvalue weighted by molar-refractivity contribution is 5.94. The Balaban J connectivity index is 1.33. The molecule has 1 nitrogen and oxygen atoms in total. The molecule has 248 valence electrons. The van der Waals surface area contributed by atoms with Gasteiger partial charge in [0.2, 0.25) is 0 Å². The molecule has 0 atom stereocenters. The highest BCUT2D eigenvalue weighted by Crippen LogP contribution is 2.54. The third-order valence-electron chi connectivity index (χ3n) is 10.6. The predicted molar refractivity (Wildman–Crippen MR) is 220 cm³/mol. The molecule has 8 aromatic rings. The van der Waals surface area contributed by atoms with Crippen molar-refractivity contribution in [2.45, 2.75) is 19.3 Å². The maximum Gasteiger partial charge on any atom is 0.0474 e. The van der Waals surface area contributed by atoms with Gasteiger partial charge in [0.15, 0.2) is 0 Å². The third kappa shape index (κ3) is 5.61. The molecule has 0 bridgehead atoms. The number of nitrogens with zero attached hydrogens (tertiary/aromatic N) is 1. The Labute approximate surface area is 307 Å². The number of benzene rings is 8. The van der Waals surface area contributed by atoms with Crippen LogP contribution in [-0.2, 0) is 5.41 Å². The fourth-order valence-electron chi connectivity index (χ4n) is 8.10. The van der Waals surface area contributed by atoms with Crippen LogP contribution in [0.5, 0.6) is 0 Å². The summed E-state index contributed by atoms with van der Waals surface area (Å²) in [5.41, 5.74) is 18.2. The summed E-state index contributed by atoms with van der Waals surface area (Å²) < 4.78 is 0. The number of hydrogen-bond donors (Lipinski definition) is 0. The molecule has 1 aliphatic carbocycles. The average molecular weight is 666 g/mol. The van der Waals surface area contributed by atoms with E-state index in [1.807, 2.05) is 0 Å². The van der Waals surface area contributed by atoms with Crippen molar-refractivity contribution in [3.05, 3.63) is 211 Å². The molecule has 0 N–H and O–H groups in total. The van der Waals surface area contributed by atoms with Crippen molar-refractivity contribution < 1.29 is 0 Å². The van der Waals surface area contributed by atoms with Gasteiger partial charge in [0, 0.05) is 22.5 Å². The van der Waals surface area contributed by atoms with Gasteiger partial charge in [-0.2, -0.15) is 0 Å². The largest absolute Gasteiger partial charge is 0.310 e. The van der Waals surface area contributed by atoms with Crippen LogP contribution >= 0.6 is 0 Å². The van der Waals surface area contributed by atoms with E-state index in [-0.39, 0.29) is 5.41 Å². The van der Waals surface area contributed by atoms with E-state index in [2.05, 4.69) is 219 Å². The van der Waals surface area contributed by atoms with E-state index in [1.165, 1.54) is 66.8 Å². The van der Waals surface area contributed by atoms with E-state index < -0.39 is 0 Å². The fourth-order valence-corrected chi connectivity index (χ4v) is 8.10. The van der Waals surface area contributed by atoms with Gasteiger partial charge in [0.05, 0.1) is 0 Å². The predicted octanol–water partition coefficient (Wildman–Crippen LogP) is 14.1. The van der Waals surface area contributed by atoms with Crippen molar-refractivity contribution in [3.8, 4) is 55.6 Å². The van der Waals surface area contributed by atoms with Crippen molar-refractivity contribution in [3.63, 3.8) is 0 Å². The smallest absolute Gasteiger partial charge is 0.0474 e. The quantitative estimate of drug-likeness (QED) is 0.164. The highest BCUT2D eigenvalue weighted by atomic mass is 15.1. The molecule has 0 spiro atoms. The van der Waals surface area contributed by atoms with Crippen molar-refractivity contribution >= 4 is 17.1 Å². The Bertz CT molecular complexity index is 2440. The number of anilines is 3. The minimum absolute atomic E-state index is 0.147. The lowest BCUT2D eigenvalue weighted by molar-refractivity contribution is 0.662. The van der Waals surface area contributed by atoms with Crippen molar-refractivity contribution in [2.24, 2.45) is 0 Å². The van der Waals surface area contributed by atoms with Gasteiger partial charge in [-0.3, -0.25) is 0 Å². The Kier molecular flexibility index (Phi) is 7.90. The second kappa shape index (κ2) is 13.0. The molecule has 52 heavy (non-hydrogen) atoms. The molecule has 0 aliphatic heterocycles. The summed E-state index contributed by atoms with van der Waals surface area (Å²) in [6.07, 6.45) is 0. The minimum Gasteiger partial charge on any atom is -0.310 e. The molecule has 0 heterocycles. The lowest BCUT2D eigenvalue weighted by Crippen LogP contribution is -2.17. The van der Waals surface area contributed by atoms with E-state index in [0.717, 1.165) is 17.1 Å². The van der Waals surface area contributed by atoms with Gasteiger partial charge in [0.1, 0.15) is 0 Å². The van der Waals surface area contributed by atoms with Gasteiger partial charge in [0.25, 0.3) is 0 Å². The van der Waals surface area contributed by atoms with E-state index in [1.54, 1.807) is 0 Å². The van der Waals surface area contributed by atoms with Crippen LogP contribution in [0.4, 0.5) is 17.1 Å². The maximum absolute atomic E-state index is 2.45. The molecule has 0 aromatic heterocycles. The summed E-state index contributed by atoms with van der Waals surface area (Å²) in [4.78, 5) is 2.45. The molecule has 9 rings (SSSR count). The van der Waals surface area contributed by atoms with Crippen LogP contribution < -0.4 is 4.90 Å². The summed E-state index contributed by atoms with van der Waals surface area (Å²) in [6.45, 7) is 4.75. The van der Waals surface area contributed by atoms with Crippen LogP contribution in [0.3, 0.4) is 0 Å². The molecule has 0 amide bonds. The van der Waals surface area contributed by atoms with Gasteiger partial charge in [-0.15, -0.1) is 0 Å². The maximum atomic E-state index is 2.45. The SMILES string of the molecule is CC1(C)c2ccccc2-c2cc(N(c3ccc(-c4ccccc4)cc3)c3cc(-c4ccccc4)cc(-c4ccccc4)c3)cc(-c3ccccc3)c21. The monoisotopic (exact) mass is 665 g/mol. The topological polar surface area (TPSA) is 3.24 Å². The molecule has 0 fully saturated rings. The molecule has 1 aliphatic rings. The first kappa shape index (κ1) is 31.5. The molecule has 0 saturated carbocycles. The molecule has 0 radical (unpaired) electrons. The summed E-state index contributed by atoms with van der Waals surface area (Å²) >= 11 is 0. The Morgan fingerprint density at radius 1 is 0.308 bits per heavy atom. The lowest BCUT2D eigenvalue weighted by Gasteiger charge is -2.30. The molecule has 0 saturated heterocycles. The van der Waals surface area contributed by atoms with Crippen LogP contribution in [0.1, 0.15) is 25.0 Å². The first-order valence-electron chi connectivity index (χ1n) is 18.1. The summed E-state index contributed by atoms with van der Waals surface area (Å²) in [5, 5.41) is 0. The van der Waals surface area contributed by atoms with E-state index in [0.29, 0.717) is 0 Å². The average Bonchev–Trinajstić information content (AvgIpc) is 3.45. The van der Waals surface area contributed by atoms with Crippen LogP contribution in [0.25, 0.3) is 55.6 Å². The van der Waals surface area contributed by atoms with Crippen molar-refractivity contribution in [1.29, 1.82) is 0 Å². The molecule has 8 aromatic carbocycles. The summed E-state index contributed by atoms with van der Waals surface area (Å²) in [7, 11) is 0. The molecular weight excluding hydrogens is 627 g/mol. The van der Waals surface area contributed by atoms with Crippen molar-refractivity contribution in [2.75, 3.05) is 4.90 Å². The highest BCUT2D eigenvalue weighted by Gasteiger charge is 2.38. The Morgan fingerprint density at radius 3 is 1.29 bits per heavy atom. The summed E-state index contributed by atoms with van der Waals surface area (Å²) in [5.74, 6) is 0. The second-order valence-electron chi connectivity index (χ2n) is 14.2. The zero-order valence-corrected chi connectivity index (χ0v) is 29.5. The fraction of sp³-hybridized carbons (Fsp3) is 0.0588. The van der Waals surface area contributed by atoms with E-state index >= 15 is 0 Å². The molecular formula is C51H39N. The van der Waals surface area contributed by atoms with Gasteiger partial charge in [-0.25, -0.2) is 0 Å². The normalized spacial score (nSPS) is 12.6. The van der Waals surface area contributed by atoms with Gasteiger partial charge in [-0.1, -0.05) is 172 Å². The van der Waals surface area contributed by atoms with Crippen LogP contribution in [0.15, 0.2) is 200 Å². The first-order valence-corrected chi connectivity index (χ1v) is 18.1. The molecule has 0 unspecified atom stereocenters. The lowest BCUT2D eigenvalue weighted by atomic mass is 9.78. The zero-order chi connectivity index (χ0) is 35.1. The summed E-state index contributed by atoms with van der Waals surface area (Å²) in [6, 6.07) is 72.9. The number of rotatable bonds is 7. The number of hydrogen-bond acceptors (Lipinski definition) is 1. The van der Waals surface area contributed by atoms with Gasteiger partial charge >= 0.3 is 0 Å². The minimum atomic E-state index is -0.147. The molecule has 1 heteroatoms. The Hall–Kier alpha value is -6.44. The van der Waals surface area contributed by atoms with Crippen molar-refractivity contribution in [1.82, 2.24) is 0 Å². The van der Waals surface area contributed by atoms with Gasteiger partial charge in [-0.05, 0) is 109 Å². The van der Waals surface area contributed by atoms with E-state index in [4.69, 9.17) is 0 Å². The Morgan fingerprint density at radius 2 is 0.731 bits per heavy atom.